The number of nitrogens with zero attached hydrogens (tertiary/aromatic N) is 1. The number of aliphatic hydroxyl groups excluding tert-OH is 1. The molecule has 14 heavy (non-hydrogen) atoms. The van der Waals surface area contributed by atoms with Crippen molar-refractivity contribution in [3.63, 3.8) is 0 Å². The van der Waals surface area contributed by atoms with Crippen LogP contribution in [-0.4, -0.2) is 35.1 Å². The molecule has 1 atom stereocenters. The lowest BCUT2D eigenvalue weighted by molar-refractivity contribution is -0.140. The van der Waals surface area contributed by atoms with Crippen molar-refractivity contribution in [2.24, 2.45) is 5.41 Å². The fourth-order valence-corrected chi connectivity index (χ4v) is 1.82. The van der Waals surface area contributed by atoms with Crippen molar-refractivity contribution in [3.05, 3.63) is 0 Å². The van der Waals surface area contributed by atoms with Crippen LogP contribution >= 0.6 is 0 Å². The largest absolute Gasteiger partial charge is 0.383 e. The molecule has 3 heteroatoms. The van der Waals surface area contributed by atoms with Crippen LogP contribution in [0.25, 0.3) is 0 Å². The van der Waals surface area contributed by atoms with E-state index in [1.54, 1.807) is 4.90 Å². The van der Waals surface area contributed by atoms with E-state index in [4.69, 9.17) is 0 Å². The third kappa shape index (κ3) is 3.29. The Morgan fingerprint density at radius 2 is 1.86 bits per heavy atom. The van der Waals surface area contributed by atoms with Gasteiger partial charge in [-0.2, -0.15) is 0 Å². The molecule has 1 rings (SSSR count). The molecule has 0 saturated carbocycles. The van der Waals surface area contributed by atoms with Gasteiger partial charge in [0.15, 0.2) is 0 Å². The molecule has 1 heterocycles. The number of carbonyl (C=O) groups is 1. The maximum absolute atomic E-state index is 11.7. The summed E-state index contributed by atoms with van der Waals surface area (Å²) in [6.45, 7) is 7.74. The van der Waals surface area contributed by atoms with Crippen molar-refractivity contribution in [3.8, 4) is 0 Å². The predicted octanol–water partition coefficient (Wildman–Crippen LogP) is 1.41. The van der Waals surface area contributed by atoms with Crippen molar-refractivity contribution in [1.82, 2.24) is 4.90 Å². The van der Waals surface area contributed by atoms with E-state index in [0.29, 0.717) is 6.42 Å². The van der Waals surface area contributed by atoms with Crippen molar-refractivity contribution < 1.29 is 9.90 Å². The molecule has 0 spiro atoms. The topological polar surface area (TPSA) is 40.5 Å². The minimum atomic E-state index is -0.812. The highest BCUT2D eigenvalue weighted by molar-refractivity contribution is 5.80. The highest BCUT2D eigenvalue weighted by Gasteiger charge is 2.27. The van der Waals surface area contributed by atoms with E-state index in [9.17, 15) is 9.90 Å². The number of hydrogen-bond donors (Lipinski definition) is 1. The summed E-state index contributed by atoms with van der Waals surface area (Å²) in [6, 6.07) is 0. The van der Waals surface area contributed by atoms with Crippen molar-refractivity contribution >= 4 is 5.91 Å². The SMILES string of the molecule is CC(C)(C)CC(O)C(=O)N1CCCC1. The Kier molecular flexibility index (Phi) is 3.53. The van der Waals surface area contributed by atoms with Gasteiger partial charge in [-0.05, 0) is 24.7 Å². The third-order valence-electron chi connectivity index (χ3n) is 2.51. The zero-order chi connectivity index (χ0) is 10.8. The molecule has 1 fully saturated rings. The van der Waals surface area contributed by atoms with Crippen LogP contribution < -0.4 is 0 Å². The average Bonchev–Trinajstić information content (AvgIpc) is 2.51. The highest BCUT2D eigenvalue weighted by atomic mass is 16.3. The van der Waals surface area contributed by atoms with Crippen molar-refractivity contribution in [2.75, 3.05) is 13.1 Å². The Morgan fingerprint density at radius 3 is 2.29 bits per heavy atom. The molecule has 1 amide bonds. The Labute approximate surface area is 86.1 Å². The van der Waals surface area contributed by atoms with E-state index >= 15 is 0 Å². The standard InChI is InChI=1S/C11H21NO2/c1-11(2,3)8-9(13)10(14)12-6-4-5-7-12/h9,13H,4-8H2,1-3H3. The quantitative estimate of drug-likeness (QED) is 0.730. The molecule has 1 saturated heterocycles. The molecule has 82 valence electrons. The summed E-state index contributed by atoms with van der Waals surface area (Å²) in [4.78, 5) is 13.5. The lowest BCUT2D eigenvalue weighted by Gasteiger charge is -2.25. The second-order valence-corrected chi connectivity index (χ2v) is 5.31. The van der Waals surface area contributed by atoms with Crippen molar-refractivity contribution in [1.29, 1.82) is 0 Å². The molecular weight excluding hydrogens is 178 g/mol. The van der Waals surface area contributed by atoms with Gasteiger partial charge in [0.25, 0.3) is 5.91 Å². The molecule has 1 aliphatic rings. The van der Waals surface area contributed by atoms with Gasteiger partial charge >= 0.3 is 0 Å². The van der Waals surface area contributed by atoms with Gasteiger partial charge in [-0.3, -0.25) is 4.79 Å². The summed E-state index contributed by atoms with van der Waals surface area (Å²) in [6.07, 6.45) is 1.89. The van der Waals surface area contributed by atoms with Crippen LogP contribution in [0.4, 0.5) is 0 Å². The molecule has 0 aromatic carbocycles. The third-order valence-corrected chi connectivity index (χ3v) is 2.51. The lowest BCUT2D eigenvalue weighted by Crippen LogP contribution is -2.38. The van der Waals surface area contributed by atoms with Gasteiger partial charge in [0.05, 0.1) is 0 Å². The Bertz CT molecular complexity index is 202. The fraction of sp³-hybridized carbons (Fsp3) is 0.909. The van der Waals surface area contributed by atoms with Gasteiger partial charge in [-0.1, -0.05) is 20.8 Å². The minimum absolute atomic E-state index is 0.00873. The maximum atomic E-state index is 11.7. The number of hydrogen-bond acceptors (Lipinski definition) is 2. The van der Waals surface area contributed by atoms with Gasteiger partial charge in [-0.15, -0.1) is 0 Å². The molecule has 1 aliphatic heterocycles. The van der Waals surface area contributed by atoms with Gasteiger partial charge in [0, 0.05) is 13.1 Å². The van der Waals surface area contributed by atoms with Crippen LogP contribution in [0.2, 0.25) is 0 Å². The molecular formula is C11H21NO2. The zero-order valence-electron chi connectivity index (χ0n) is 9.42. The number of likely N-dealkylation sites (tertiary alicyclic amines) is 1. The molecule has 0 aromatic rings. The molecule has 0 aromatic heterocycles. The predicted molar refractivity (Wildman–Crippen MR) is 55.9 cm³/mol. The van der Waals surface area contributed by atoms with E-state index in [0.717, 1.165) is 25.9 Å². The normalized spacial score (nSPS) is 19.9. The van der Waals surface area contributed by atoms with E-state index in [1.807, 2.05) is 20.8 Å². The monoisotopic (exact) mass is 199 g/mol. The van der Waals surface area contributed by atoms with Crippen LogP contribution in [0.5, 0.6) is 0 Å². The first-order valence-corrected chi connectivity index (χ1v) is 5.37. The van der Waals surface area contributed by atoms with Crippen LogP contribution in [0.3, 0.4) is 0 Å². The smallest absolute Gasteiger partial charge is 0.251 e. The number of amides is 1. The molecule has 3 nitrogen and oxygen atoms in total. The van der Waals surface area contributed by atoms with Gasteiger partial charge in [-0.25, -0.2) is 0 Å². The first kappa shape index (κ1) is 11.5. The Morgan fingerprint density at radius 1 is 1.36 bits per heavy atom. The van der Waals surface area contributed by atoms with Crippen LogP contribution in [-0.2, 0) is 4.79 Å². The Hall–Kier alpha value is -0.570. The average molecular weight is 199 g/mol. The first-order chi connectivity index (χ1) is 6.40. The Balaban J connectivity index is 2.43. The maximum Gasteiger partial charge on any atom is 0.251 e. The van der Waals surface area contributed by atoms with E-state index in [2.05, 4.69) is 0 Å². The molecule has 1 unspecified atom stereocenters. The first-order valence-electron chi connectivity index (χ1n) is 5.37. The molecule has 0 bridgehead atoms. The van der Waals surface area contributed by atoms with Gasteiger partial charge in [0.1, 0.15) is 6.10 Å². The summed E-state index contributed by atoms with van der Waals surface area (Å²) in [5.41, 5.74) is 0.00873. The second-order valence-electron chi connectivity index (χ2n) is 5.31. The number of carbonyl (C=O) groups excluding carboxylic acids is 1. The molecule has 0 radical (unpaired) electrons. The van der Waals surface area contributed by atoms with E-state index in [1.165, 1.54) is 0 Å². The molecule has 0 aliphatic carbocycles. The number of rotatable bonds is 2. The van der Waals surface area contributed by atoms with Gasteiger partial charge in [0.2, 0.25) is 0 Å². The second kappa shape index (κ2) is 4.30. The number of aliphatic hydroxyl groups is 1. The van der Waals surface area contributed by atoms with E-state index in [-0.39, 0.29) is 11.3 Å². The summed E-state index contributed by atoms with van der Waals surface area (Å²) >= 11 is 0. The minimum Gasteiger partial charge on any atom is -0.383 e. The highest BCUT2D eigenvalue weighted by Crippen LogP contribution is 2.22. The summed E-state index contributed by atoms with van der Waals surface area (Å²) < 4.78 is 0. The lowest BCUT2D eigenvalue weighted by atomic mass is 9.89. The fourth-order valence-electron chi connectivity index (χ4n) is 1.82. The van der Waals surface area contributed by atoms with Gasteiger partial charge < -0.3 is 10.0 Å². The van der Waals surface area contributed by atoms with E-state index < -0.39 is 6.10 Å². The van der Waals surface area contributed by atoms with Crippen LogP contribution in [0.1, 0.15) is 40.0 Å². The van der Waals surface area contributed by atoms with Crippen molar-refractivity contribution in [2.45, 2.75) is 46.1 Å². The van der Waals surface area contributed by atoms with Crippen LogP contribution in [0.15, 0.2) is 0 Å². The summed E-state index contributed by atoms with van der Waals surface area (Å²) in [5, 5.41) is 9.72. The molecule has 1 N–H and O–H groups in total. The summed E-state index contributed by atoms with van der Waals surface area (Å²) in [5.74, 6) is -0.0857. The summed E-state index contributed by atoms with van der Waals surface area (Å²) in [7, 11) is 0. The zero-order valence-corrected chi connectivity index (χ0v) is 9.42. The van der Waals surface area contributed by atoms with Crippen LogP contribution in [0, 0.1) is 5.41 Å².